The van der Waals surface area contributed by atoms with Crippen LogP contribution in [0.2, 0.25) is 0 Å². The van der Waals surface area contributed by atoms with E-state index in [1.165, 1.54) is 13.3 Å². The number of pyridine rings is 1. The number of aromatic nitrogens is 2. The molecule has 0 radical (unpaired) electrons. The molecule has 2 aromatic heterocycles. The molecule has 0 aliphatic rings. The van der Waals surface area contributed by atoms with E-state index in [0.29, 0.717) is 23.7 Å². The predicted molar refractivity (Wildman–Crippen MR) is 59.4 cm³/mol. The number of nitrogens with one attached hydrogen (secondary N) is 1. The smallest absolute Gasteiger partial charge is 0.338 e. The van der Waals surface area contributed by atoms with Crippen molar-refractivity contribution in [3.8, 4) is 0 Å². The lowest BCUT2D eigenvalue weighted by atomic mass is 10.2. The summed E-state index contributed by atoms with van der Waals surface area (Å²) in [7, 11) is 1.34. The summed E-state index contributed by atoms with van der Waals surface area (Å²) in [6.45, 7) is 0.456. The van der Waals surface area contributed by atoms with Gasteiger partial charge in [0.05, 0.1) is 25.4 Å². The van der Waals surface area contributed by atoms with E-state index in [1.807, 2.05) is 0 Å². The van der Waals surface area contributed by atoms with E-state index in [-0.39, 0.29) is 0 Å². The van der Waals surface area contributed by atoms with Gasteiger partial charge in [-0.1, -0.05) is 5.16 Å². The first-order valence-electron chi connectivity index (χ1n) is 4.97. The van der Waals surface area contributed by atoms with Crippen LogP contribution in [0.15, 0.2) is 35.1 Å². The molecule has 0 aromatic carbocycles. The molecule has 0 amide bonds. The number of rotatable bonds is 4. The van der Waals surface area contributed by atoms with Crippen molar-refractivity contribution in [2.75, 3.05) is 12.4 Å². The highest BCUT2D eigenvalue weighted by Gasteiger charge is 2.06. The number of hydrogen-bond acceptors (Lipinski definition) is 6. The van der Waals surface area contributed by atoms with Crippen LogP contribution >= 0.6 is 0 Å². The first-order chi connectivity index (χ1) is 8.29. The molecule has 17 heavy (non-hydrogen) atoms. The summed E-state index contributed by atoms with van der Waals surface area (Å²) in [5, 5.41) is 6.60. The number of esters is 1. The highest BCUT2D eigenvalue weighted by Crippen LogP contribution is 2.09. The first-order valence-corrected chi connectivity index (χ1v) is 4.97. The zero-order valence-electron chi connectivity index (χ0n) is 9.21. The lowest BCUT2D eigenvalue weighted by Gasteiger charge is -2.04. The fourth-order valence-electron chi connectivity index (χ4n) is 1.28. The topological polar surface area (TPSA) is 77.2 Å². The molecule has 0 spiro atoms. The second-order valence-electron chi connectivity index (χ2n) is 3.25. The van der Waals surface area contributed by atoms with Crippen LogP contribution in [0.5, 0.6) is 0 Å². The van der Waals surface area contributed by atoms with E-state index in [1.54, 1.807) is 24.4 Å². The maximum atomic E-state index is 11.3. The van der Waals surface area contributed by atoms with Crippen molar-refractivity contribution >= 4 is 11.8 Å². The molecule has 0 unspecified atom stereocenters. The number of carbonyl (C=O) groups is 1. The normalized spacial score (nSPS) is 9.94. The van der Waals surface area contributed by atoms with Gasteiger partial charge < -0.3 is 14.6 Å². The van der Waals surface area contributed by atoms with E-state index >= 15 is 0 Å². The Morgan fingerprint density at radius 3 is 3.06 bits per heavy atom. The van der Waals surface area contributed by atoms with Gasteiger partial charge in [0.2, 0.25) is 0 Å². The summed E-state index contributed by atoms with van der Waals surface area (Å²) >= 11 is 0. The van der Waals surface area contributed by atoms with Gasteiger partial charge in [-0.25, -0.2) is 9.78 Å². The molecule has 2 aromatic rings. The van der Waals surface area contributed by atoms with Gasteiger partial charge in [-0.2, -0.15) is 0 Å². The Bertz CT molecular complexity index is 496. The van der Waals surface area contributed by atoms with Crippen molar-refractivity contribution < 1.29 is 14.1 Å². The Labute approximate surface area is 97.6 Å². The van der Waals surface area contributed by atoms with E-state index in [9.17, 15) is 4.79 Å². The first kappa shape index (κ1) is 11.1. The van der Waals surface area contributed by atoms with Crippen LogP contribution in [0.1, 0.15) is 16.1 Å². The lowest BCUT2D eigenvalue weighted by molar-refractivity contribution is 0.0600. The number of carbonyl (C=O) groups excluding carboxylic acids is 1. The monoisotopic (exact) mass is 233 g/mol. The Balaban J connectivity index is 2.03. The average molecular weight is 233 g/mol. The Hall–Kier alpha value is -2.37. The van der Waals surface area contributed by atoms with Crippen LogP contribution < -0.4 is 5.32 Å². The number of nitrogens with zero attached hydrogens (tertiary/aromatic N) is 2. The van der Waals surface area contributed by atoms with Gasteiger partial charge in [-0.05, 0) is 12.1 Å². The average Bonchev–Trinajstić information content (AvgIpc) is 2.89. The summed E-state index contributed by atoms with van der Waals surface area (Å²) < 4.78 is 9.54. The second kappa shape index (κ2) is 5.11. The van der Waals surface area contributed by atoms with E-state index in [0.717, 1.165) is 0 Å². The largest absolute Gasteiger partial charge is 0.465 e. The molecule has 88 valence electrons. The summed E-state index contributed by atoms with van der Waals surface area (Å²) in [6, 6.07) is 4.95. The van der Waals surface area contributed by atoms with Crippen LogP contribution in [0.3, 0.4) is 0 Å². The lowest BCUT2D eigenvalue weighted by Crippen LogP contribution is -2.05. The molecule has 6 nitrogen and oxygen atoms in total. The number of ether oxygens (including phenoxy) is 1. The highest BCUT2D eigenvalue weighted by molar-refractivity contribution is 5.89. The van der Waals surface area contributed by atoms with Gasteiger partial charge in [-0.3, -0.25) is 0 Å². The van der Waals surface area contributed by atoms with Gasteiger partial charge in [0.25, 0.3) is 0 Å². The molecule has 0 fully saturated rings. The summed E-state index contributed by atoms with van der Waals surface area (Å²) in [5.41, 5.74) is 0.447. The highest BCUT2D eigenvalue weighted by atomic mass is 16.5. The quantitative estimate of drug-likeness (QED) is 0.806. The van der Waals surface area contributed by atoms with Gasteiger partial charge in [0.15, 0.2) is 5.76 Å². The third-order valence-electron chi connectivity index (χ3n) is 2.12. The molecular formula is C11H11N3O3. The second-order valence-corrected chi connectivity index (χ2v) is 3.25. The van der Waals surface area contributed by atoms with Gasteiger partial charge in [0.1, 0.15) is 5.82 Å². The third kappa shape index (κ3) is 2.81. The van der Waals surface area contributed by atoms with Gasteiger partial charge >= 0.3 is 5.97 Å². The molecule has 0 bridgehead atoms. The van der Waals surface area contributed by atoms with Crippen LogP contribution in [-0.2, 0) is 11.3 Å². The van der Waals surface area contributed by atoms with Crippen LogP contribution in [-0.4, -0.2) is 23.2 Å². The Kier molecular flexibility index (Phi) is 3.34. The molecule has 0 saturated heterocycles. The van der Waals surface area contributed by atoms with Gasteiger partial charge in [-0.15, -0.1) is 0 Å². The SMILES string of the molecule is COC(=O)c1ccnc(NCc2ccno2)c1. The summed E-state index contributed by atoms with van der Waals surface area (Å²) in [6.07, 6.45) is 3.10. The van der Waals surface area contributed by atoms with Crippen molar-refractivity contribution in [1.29, 1.82) is 0 Å². The Morgan fingerprint density at radius 1 is 1.47 bits per heavy atom. The molecular weight excluding hydrogens is 222 g/mol. The van der Waals surface area contributed by atoms with Crippen molar-refractivity contribution in [1.82, 2.24) is 10.1 Å². The van der Waals surface area contributed by atoms with Crippen molar-refractivity contribution in [3.63, 3.8) is 0 Å². The standard InChI is InChI=1S/C11H11N3O3/c1-16-11(15)8-2-4-12-10(6-8)13-7-9-3-5-14-17-9/h2-6H,7H2,1H3,(H,12,13). The van der Waals surface area contributed by atoms with E-state index in [2.05, 4.69) is 20.2 Å². The maximum absolute atomic E-state index is 11.3. The molecule has 6 heteroatoms. The van der Waals surface area contributed by atoms with Crippen molar-refractivity contribution in [3.05, 3.63) is 41.9 Å². The maximum Gasteiger partial charge on any atom is 0.338 e. The fourth-order valence-corrected chi connectivity index (χ4v) is 1.28. The van der Waals surface area contributed by atoms with E-state index in [4.69, 9.17) is 4.52 Å². The van der Waals surface area contributed by atoms with Crippen LogP contribution in [0.25, 0.3) is 0 Å². The summed E-state index contributed by atoms with van der Waals surface area (Å²) in [5.74, 6) is 0.870. The van der Waals surface area contributed by atoms with E-state index < -0.39 is 5.97 Å². The number of methoxy groups -OCH3 is 1. The molecule has 0 atom stereocenters. The number of hydrogen-bond donors (Lipinski definition) is 1. The molecule has 1 N–H and O–H groups in total. The van der Waals surface area contributed by atoms with Crippen molar-refractivity contribution in [2.45, 2.75) is 6.54 Å². The molecule has 0 aliphatic heterocycles. The van der Waals surface area contributed by atoms with Crippen molar-refractivity contribution in [2.24, 2.45) is 0 Å². The third-order valence-corrected chi connectivity index (χ3v) is 2.12. The molecule has 0 saturated carbocycles. The minimum absolute atomic E-state index is 0.393. The molecule has 2 rings (SSSR count). The fraction of sp³-hybridized carbons (Fsp3) is 0.182. The predicted octanol–water partition coefficient (Wildman–Crippen LogP) is 1.47. The zero-order valence-corrected chi connectivity index (χ0v) is 9.21. The van der Waals surface area contributed by atoms with Gasteiger partial charge in [0, 0.05) is 12.3 Å². The molecule has 2 heterocycles. The minimum Gasteiger partial charge on any atom is -0.465 e. The summed E-state index contributed by atoms with van der Waals surface area (Å²) in [4.78, 5) is 15.4. The van der Waals surface area contributed by atoms with Crippen LogP contribution in [0.4, 0.5) is 5.82 Å². The number of anilines is 1. The minimum atomic E-state index is -0.393. The Morgan fingerprint density at radius 2 is 2.35 bits per heavy atom. The van der Waals surface area contributed by atoms with Crippen LogP contribution in [0, 0.1) is 0 Å². The zero-order chi connectivity index (χ0) is 12.1. The molecule has 0 aliphatic carbocycles.